The van der Waals surface area contributed by atoms with Crippen LogP contribution in [0.1, 0.15) is 30.0 Å². The van der Waals surface area contributed by atoms with Crippen LogP contribution >= 0.6 is 11.6 Å². The Hall–Kier alpha value is -2.90. The highest BCUT2D eigenvalue weighted by molar-refractivity contribution is 6.30. The van der Waals surface area contributed by atoms with Crippen LogP contribution in [-0.4, -0.2) is 47.2 Å². The lowest BCUT2D eigenvalue weighted by atomic mass is 9.93. The molecule has 0 atom stereocenters. The quantitative estimate of drug-likeness (QED) is 0.626. The first-order valence-corrected chi connectivity index (χ1v) is 10.6. The third kappa shape index (κ3) is 4.89. The van der Waals surface area contributed by atoms with E-state index in [2.05, 4.69) is 14.9 Å². The number of methoxy groups -OCH3 is 2. The molecule has 0 amide bonds. The predicted octanol–water partition coefficient (Wildman–Crippen LogP) is 3.88. The van der Waals surface area contributed by atoms with Gasteiger partial charge in [-0.2, -0.15) is 0 Å². The van der Waals surface area contributed by atoms with Crippen LogP contribution in [-0.2, 0) is 6.54 Å². The molecular weight excluding hydrogens is 416 g/mol. The van der Waals surface area contributed by atoms with Crippen LogP contribution in [0, 0.1) is 0 Å². The van der Waals surface area contributed by atoms with Crippen molar-refractivity contribution in [3.8, 4) is 22.9 Å². The molecule has 1 saturated heterocycles. The minimum Gasteiger partial charge on any atom is -0.493 e. The van der Waals surface area contributed by atoms with Crippen LogP contribution in [0.3, 0.4) is 0 Å². The number of nitrogens with zero attached hydrogens (tertiary/aromatic N) is 3. The Morgan fingerprint density at radius 3 is 2.68 bits per heavy atom. The fourth-order valence-electron chi connectivity index (χ4n) is 4.08. The van der Waals surface area contributed by atoms with Gasteiger partial charge in [0.1, 0.15) is 5.82 Å². The van der Waals surface area contributed by atoms with E-state index in [0.717, 1.165) is 49.3 Å². The zero-order valence-electron chi connectivity index (χ0n) is 17.6. The second-order valence-corrected chi connectivity index (χ2v) is 8.05. The number of hydrogen-bond donors (Lipinski definition) is 1. The molecule has 1 aliphatic heterocycles. The van der Waals surface area contributed by atoms with Crippen LogP contribution in [0.4, 0.5) is 0 Å². The molecule has 1 aliphatic rings. The number of rotatable bonds is 6. The molecule has 0 spiro atoms. The molecule has 7 nitrogen and oxygen atoms in total. The van der Waals surface area contributed by atoms with E-state index in [1.54, 1.807) is 38.7 Å². The molecule has 2 aromatic heterocycles. The van der Waals surface area contributed by atoms with E-state index in [1.807, 2.05) is 18.2 Å². The fourth-order valence-corrected chi connectivity index (χ4v) is 4.31. The van der Waals surface area contributed by atoms with E-state index in [1.165, 1.54) is 0 Å². The van der Waals surface area contributed by atoms with Crippen molar-refractivity contribution in [2.24, 2.45) is 0 Å². The Labute approximate surface area is 186 Å². The number of benzene rings is 1. The maximum atomic E-state index is 12.2. The molecule has 1 fully saturated rings. The lowest BCUT2D eigenvalue weighted by Crippen LogP contribution is -2.33. The van der Waals surface area contributed by atoms with E-state index >= 15 is 0 Å². The molecule has 0 radical (unpaired) electrons. The van der Waals surface area contributed by atoms with E-state index in [0.29, 0.717) is 22.3 Å². The monoisotopic (exact) mass is 440 g/mol. The van der Waals surface area contributed by atoms with Gasteiger partial charge in [0.15, 0.2) is 11.5 Å². The number of halogens is 1. The summed E-state index contributed by atoms with van der Waals surface area (Å²) in [6.45, 7) is 2.50. The Morgan fingerprint density at radius 2 is 2.00 bits per heavy atom. The van der Waals surface area contributed by atoms with E-state index in [4.69, 9.17) is 26.1 Å². The molecule has 0 saturated carbocycles. The van der Waals surface area contributed by atoms with Gasteiger partial charge in [0.25, 0.3) is 5.56 Å². The molecule has 3 aromatic rings. The van der Waals surface area contributed by atoms with Gasteiger partial charge < -0.3 is 14.5 Å². The van der Waals surface area contributed by atoms with Crippen molar-refractivity contribution < 1.29 is 9.47 Å². The number of pyridine rings is 1. The highest BCUT2D eigenvalue weighted by Crippen LogP contribution is 2.36. The second-order valence-electron chi connectivity index (χ2n) is 7.61. The summed E-state index contributed by atoms with van der Waals surface area (Å²) < 4.78 is 11.0. The van der Waals surface area contributed by atoms with Crippen molar-refractivity contribution in [2.45, 2.75) is 25.3 Å². The summed E-state index contributed by atoms with van der Waals surface area (Å²) in [4.78, 5) is 26.3. The summed E-state index contributed by atoms with van der Waals surface area (Å²) in [5, 5.41) is 0.623. The Morgan fingerprint density at radius 1 is 1.19 bits per heavy atom. The molecule has 162 valence electrons. The van der Waals surface area contributed by atoms with Crippen LogP contribution < -0.4 is 15.0 Å². The second kappa shape index (κ2) is 9.49. The summed E-state index contributed by atoms with van der Waals surface area (Å²) >= 11 is 6.26. The number of H-pyrrole nitrogens is 1. The third-order valence-electron chi connectivity index (χ3n) is 5.62. The van der Waals surface area contributed by atoms with Crippen molar-refractivity contribution in [1.29, 1.82) is 0 Å². The van der Waals surface area contributed by atoms with Crippen LogP contribution in [0.25, 0.3) is 11.4 Å². The Kier molecular flexibility index (Phi) is 6.53. The SMILES string of the molecule is COc1cc(Cl)cc(CN2CCC(c3cc(=O)[nH]c(-c4cccnc4)n3)CC2)c1OC. The number of ether oxygens (including phenoxy) is 2. The van der Waals surface area contributed by atoms with Gasteiger partial charge in [0.2, 0.25) is 0 Å². The maximum Gasteiger partial charge on any atom is 0.251 e. The summed E-state index contributed by atoms with van der Waals surface area (Å²) in [5.74, 6) is 2.15. The predicted molar refractivity (Wildman–Crippen MR) is 120 cm³/mol. The van der Waals surface area contributed by atoms with Crippen molar-refractivity contribution in [2.75, 3.05) is 27.3 Å². The molecule has 0 unspecified atom stereocenters. The van der Waals surface area contributed by atoms with E-state index in [9.17, 15) is 4.79 Å². The molecule has 8 heteroatoms. The molecule has 31 heavy (non-hydrogen) atoms. The molecular formula is C23H25ClN4O3. The van der Waals surface area contributed by atoms with E-state index in [-0.39, 0.29) is 11.5 Å². The molecule has 3 heterocycles. The number of likely N-dealkylation sites (tertiary alicyclic amines) is 1. The normalized spacial score (nSPS) is 15.1. The van der Waals surface area contributed by atoms with Gasteiger partial charge in [-0.25, -0.2) is 4.98 Å². The van der Waals surface area contributed by atoms with Crippen LogP contribution in [0.5, 0.6) is 11.5 Å². The highest BCUT2D eigenvalue weighted by atomic mass is 35.5. The average molecular weight is 441 g/mol. The van der Waals surface area contributed by atoms with Gasteiger partial charge in [-0.1, -0.05) is 11.6 Å². The lowest BCUT2D eigenvalue weighted by molar-refractivity contribution is 0.200. The minimum absolute atomic E-state index is 0.137. The Bertz CT molecular complexity index is 1100. The standard InChI is InChI=1S/C23H25ClN4O3/c1-30-20-11-18(24)10-17(22(20)31-2)14-28-8-5-15(6-9-28)19-12-21(29)27-23(26-19)16-4-3-7-25-13-16/h3-4,7,10-13,15H,5-6,8-9,14H2,1-2H3,(H,26,27,29). The smallest absolute Gasteiger partial charge is 0.251 e. The van der Waals surface area contributed by atoms with E-state index < -0.39 is 0 Å². The topological polar surface area (TPSA) is 80.3 Å². The minimum atomic E-state index is -0.137. The number of piperidine rings is 1. The molecule has 4 rings (SSSR count). The van der Waals surface area contributed by atoms with Crippen molar-refractivity contribution in [3.05, 3.63) is 69.4 Å². The molecule has 0 aliphatic carbocycles. The van der Waals surface area contributed by atoms with Gasteiger partial charge in [0, 0.05) is 53.1 Å². The molecule has 1 aromatic carbocycles. The first kappa shape index (κ1) is 21.3. The first-order chi connectivity index (χ1) is 15.1. The van der Waals surface area contributed by atoms with Gasteiger partial charge >= 0.3 is 0 Å². The van der Waals surface area contributed by atoms with Gasteiger partial charge in [-0.15, -0.1) is 0 Å². The maximum absolute atomic E-state index is 12.2. The third-order valence-corrected chi connectivity index (χ3v) is 5.84. The van der Waals surface area contributed by atoms with Gasteiger partial charge in [0.05, 0.1) is 19.9 Å². The lowest BCUT2D eigenvalue weighted by Gasteiger charge is -2.32. The summed E-state index contributed by atoms with van der Waals surface area (Å²) in [6, 6.07) is 9.02. The summed E-state index contributed by atoms with van der Waals surface area (Å²) in [5.41, 5.74) is 2.51. The van der Waals surface area contributed by atoms with Crippen molar-refractivity contribution in [1.82, 2.24) is 19.9 Å². The fraction of sp³-hybridized carbons (Fsp3) is 0.348. The number of aromatic amines is 1. The first-order valence-electron chi connectivity index (χ1n) is 10.2. The number of aromatic nitrogens is 3. The van der Waals surface area contributed by atoms with Crippen molar-refractivity contribution >= 4 is 11.6 Å². The zero-order valence-corrected chi connectivity index (χ0v) is 18.4. The molecule has 0 bridgehead atoms. The Balaban J connectivity index is 1.47. The van der Waals surface area contributed by atoms with Gasteiger partial charge in [-0.05, 0) is 44.1 Å². The molecule has 1 N–H and O–H groups in total. The number of hydrogen-bond acceptors (Lipinski definition) is 6. The number of nitrogens with one attached hydrogen (secondary N) is 1. The largest absolute Gasteiger partial charge is 0.493 e. The highest BCUT2D eigenvalue weighted by Gasteiger charge is 2.24. The zero-order chi connectivity index (χ0) is 21.8. The average Bonchev–Trinajstić information content (AvgIpc) is 2.79. The van der Waals surface area contributed by atoms with Crippen LogP contribution in [0.15, 0.2) is 47.5 Å². The van der Waals surface area contributed by atoms with Gasteiger partial charge in [-0.3, -0.25) is 14.7 Å². The summed E-state index contributed by atoms with van der Waals surface area (Å²) in [7, 11) is 3.25. The van der Waals surface area contributed by atoms with Crippen molar-refractivity contribution in [3.63, 3.8) is 0 Å². The van der Waals surface area contributed by atoms with Crippen LogP contribution in [0.2, 0.25) is 5.02 Å². The summed E-state index contributed by atoms with van der Waals surface area (Å²) in [6.07, 6.45) is 5.24.